The summed E-state index contributed by atoms with van der Waals surface area (Å²) in [6, 6.07) is -0.607. The standard InChI is InChI=1S/C11H16N2O4/c1-6(11(16)17)13-4-3-7-8(5-13)10(15)12(2)9(7)14/h6-8H,3-5H2,1-2H3,(H,16,17). The number of fused-ring (bicyclic) bond motifs is 1. The highest BCUT2D eigenvalue weighted by atomic mass is 16.4. The first-order valence-electron chi connectivity index (χ1n) is 5.71. The molecule has 1 N–H and O–H groups in total. The zero-order chi connectivity index (χ0) is 12.7. The zero-order valence-electron chi connectivity index (χ0n) is 9.92. The molecule has 0 bridgehead atoms. The second kappa shape index (κ2) is 4.10. The number of likely N-dealkylation sites (tertiary alicyclic amines) is 2. The fourth-order valence-electron chi connectivity index (χ4n) is 2.64. The van der Waals surface area contributed by atoms with E-state index in [9.17, 15) is 14.4 Å². The monoisotopic (exact) mass is 240 g/mol. The van der Waals surface area contributed by atoms with Crippen molar-refractivity contribution in [2.24, 2.45) is 11.8 Å². The van der Waals surface area contributed by atoms with Crippen molar-refractivity contribution in [1.29, 1.82) is 0 Å². The Bertz CT molecular complexity index is 382. The van der Waals surface area contributed by atoms with Gasteiger partial charge < -0.3 is 5.11 Å². The van der Waals surface area contributed by atoms with E-state index in [1.165, 1.54) is 11.9 Å². The van der Waals surface area contributed by atoms with Crippen LogP contribution < -0.4 is 0 Å². The van der Waals surface area contributed by atoms with Gasteiger partial charge in [0.25, 0.3) is 0 Å². The highest BCUT2D eigenvalue weighted by Crippen LogP contribution is 2.33. The third-order valence-corrected chi connectivity index (χ3v) is 3.84. The molecular weight excluding hydrogens is 224 g/mol. The van der Waals surface area contributed by atoms with Gasteiger partial charge in [0.2, 0.25) is 11.8 Å². The summed E-state index contributed by atoms with van der Waals surface area (Å²) in [5.74, 6) is -1.80. The summed E-state index contributed by atoms with van der Waals surface area (Å²) >= 11 is 0. The molecule has 0 saturated carbocycles. The molecule has 3 atom stereocenters. The van der Waals surface area contributed by atoms with Crippen LogP contribution in [-0.4, -0.2) is 58.9 Å². The van der Waals surface area contributed by atoms with Crippen molar-refractivity contribution in [3.05, 3.63) is 0 Å². The first-order valence-corrected chi connectivity index (χ1v) is 5.71. The molecule has 3 unspecified atom stereocenters. The molecule has 94 valence electrons. The van der Waals surface area contributed by atoms with Crippen LogP contribution in [0.25, 0.3) is 0 Å². The van der Waals surface area contributed by atoms with Crippen LogP contribution >= 0.6 is 0 Å². The second-order valence-electron chi connectivity index (χ2n) is 4.75. The summed E-state index contributed by atoms with van der Waals surface area (Å²) < 4.78 is 0. The van der Waals surface area contributed by atoms with Gasteiger partial charge in [-0.25, -0.2) is 0 Å². The predicted octanol–water partition coefficient (Wildman–Crippen LogP) is -0.604. The van der Waals surface area contributed by atoms with Crippen molar-refractivity contribution in [3.8, 4) is 0 Å². The molecular formula is C11H16N2O4. The number of carboxylic acids is 1. The lowest BCUT2D eigenvalue weighted by Gasteiger charge is -2.34. The summed E-state index contributed by atoms with van der Waals surface area (Å²) in [4.78, 5) is 37.4. The van der Waals surface area contributed by atoms with Gasteiger partial charge in [0.1, 0.15) is 6.04 Å². The maximum absolute atomic E-state index is 11.8. The van der Waals surface area contributed by atoms with Crippen LogP contribution in [0.1, 0.15) is 13.3 Å². The average molecular weight is 240 g/mol. The molecule has 0 spiro atoms. The quantitative estimate of drug-likeness (QED) is 0.652. The minimum Gasteiger partial charge on any atom is -0.480 e. The van der Waals surface area contributed by atoms with Gasteiger partial charge in [-0.3, -0.25) is 24.2 Å². The highest BCUT2D eigenvalue weighted by molar-refractivity contribution is 6.05. The number of hydrogen-bond donors (Lipinski definition) is 1. The van der Waals surface area contributed by atoms with E-state index in [0.717, 1.165) is 0 Å². The van der Waals surface area contributed by atoms with Crippen LogP contribution in [0.4, 0.5) is 0 Å². The molecule has 17 heavy (non-hydrogen) atoms. The highest BCUT2D eigenvalue weighted by Gasteiger charge is 2.49. The maximum atomic E-state index is 11.8. The number of amides is 2. The molecule has 2 rings (SSSR count). The number of imide groups is 1. The Morgan fingerprint density at radius 3 is 2.53 bits per heavy atom. The summed E-state index contributed by atoms with van der Waals surface area (Å²) in [6.45, 7) is 2.53. The Balaban J connectivity index is 2.12. The van der Waals surface area contributed by atoms with Crippen molar-refractivity contribution in [2.45, 2.75) is 19.4 Å². The van der Waals surface area contributed by atoms with E-state index in [4.69, 9.17) is 5.11 Å². The molecule has 2 aliphatic heterocycles. The number of piperidine rings is 1. The number of hydrogen-bond acceptors (Lipinski definition) is 4. The lowest BCUT2D eigenvalue weighted by molar-refractivity contribution is -0.144. The van der Waals surface area contributed by atoms with Gasteiger partial charge in [0.15, 0.2) is 0 Å². The summed E-state index contributed by atoms with van der Waals surface area (Å²) in [5, 5.41) is 8.94. The van der Waals surface area contributed by atoms with Crippen LogP contribution in [0.2, 0.25) is 0 Å². The number of rotatable bonds is 2. The minimum atomic E-state index is -0.895. The molecule has 0 radical (unpaired) electrons. The number of nitrogens with zero attached hydrogens (tertiary/aromatic N) is 2. The van der Waals surface area contributed by atoms with Gasteiger partial charge in [-0.1, -0.05) is 0 Å². The molecule has 6 nitrogen and oxygen atoms in total. The minimum absolute atomic E-state index is 0.123. The van der Waals surface area contributed by atoms with Gasteiger partial charge in [-0.15, -0.1) is 0 Å². The maximum Gasteiger partial charge on any atom is 0.320 e. The molecule has 2 heterocycles. The zero-order valence-corrected chi connectivity index (χ0v) is 9.92. The smallest absolute Gasteiger partial charge is 0.320 e. The van der Waals surface area contributed by atoms with Gasteiger partial charge in [-0.05, 0) is 19.9 Å². The van der Waals surface area contributed by atoms with Crippen molar-refractivity contribution >= 4 is 17.8 Å². The Hall–Kier alpha value is -1.43. The third-order valence-electron chi connectivity index (χ3n) is 3.84. The van der Waals surface area contributed by atoms with Crippen molar-refractivity contribution in [3.63, 3.8) is 0 Å². The van der Waals surface area contributed by atoms with Crippen LogP contribution in [0.15, 0.2) is 0 Å². The van der Waals surface area contributed by atoms with Gasteiger partial charge in [0.05, 0.1) is 11.8 Å². The number of carbonyl (C=O) groups is 3. The van der Waals surface area contributed by atoms with E-state index in [0.29, 0.717) is 19.5 Å². The van der Waals surface area contributed by atoms with Gasteiger partial charge in [0, 0.05) is 13.6 Å². The van der Waals surface area contributed by atoms with E-state index in [2.05, 4.69) is 0 Å². The molecule has 2 aliphatic rings. The van der Waals surface area contributed by atoms with Crippen molar-refractivity contribution in [1.82, 2.24) is 9.80 Å². The Morgan fingerprint density at radius 2 is 1.94 bits per heavy atom. The van der Waals surface area contributed by atoms with Crippen LogP contribution in [0.5, 0.6) is 0 Å². The molecule has 0 aromatic heterocycles. The SMILES string of the molecule is CC(C(=O)O)N1CCC2C(=O)N(C)C(=O)C2C1. The molecule has 0 aromatic rings. The lowest BCUT2D eigenvalue weighted by Crippen LogP contribution is -2.48. The van der Waals surface area contributed by atoms with Crippen molar-refractivity contribution in [2.75, 3.05) is 20.1 Å². The molecule has 2 fully saturated rings. The Kier molecular flexibility index (Phi) is 2.91. The fraction of sp³-hybridized carbons (Fsp3) is 0.727. The number of aliphatic carboxylic acids is 1. The second-order valence-corrected chi connectivity index (χ2v) is 4.75. The normalized spacial score (nSPS) is 31.5. The first kappa shape index (κ1) is 12.0. The summed E-state index contributed by atoms with van der Waals surface area (Å²) in [7, 11) is 1.49. The van der Waals surface area contributed by atoms with E-state index in [1.807, 2.05) is 0 Å². The Labute approximate surface area is 99.2 Å². The van der Waals surface area contributed by atoms with E-state index in [1.54, 1.807) is 11.8 Å². The largest absolute Gasteiger partial charge is 0.480 e. The molecule has 6 heteroatoms. The predicted molar refractivity (Wildman–Crippen MR) is 58.0 cm³/mol. The van der Waals surface area contributed by atoms with Gasteiger partial charge >= 0.3 is 5.97 Å². The van der Waals surface area contributed by atoms with E-state index < -0.39 is 12.0 Å². The molecule has 0 aliphatic carbocycles. The van der Waals surface area contributed by atoms with Crippen LogP contribution in [-0.2, 0) is 14.4 Å². The van der Waals surface area contributed by atoms with Gasteiger partial charge in [-0.2, -0.15) is 0 Å². The van der Waals surface area contributed by atoms with E-state index >= 15 is 0 Å². The number of carbonyl (C=O) groups excluding carboxylic acids is 2. The first-order chi connectivity index (χ1) is 7.93. The van der Waals surface area contributed by atoms with E-state index in [-0.39, 0.29) is 23.7 Å². The topological polar surface area (TPSA) is 77.9 Å². The Morgan fingerprint density at radius 1 is 1.35 bits per heavy atom. The fourth-order valence-corrected chi connectivity index (χ4v) is 2.64. The summed E-state index contributed by atoms with van der Waals surface area (Å²) in [6.07, 6.45) is 0.567. The lowest BCUT2D eigenvalue weighted by atomic mass is 9.87. The van der Waals surface area contributed by atoms with Crippen molar-refractivity contribution < 1.29 is 19.5 Å². The average Bonchev–Trinajstić information content (AvgIpc) is 2.53. The molecule has 2 saturated heterocycles. The molecule has 2 amide bonds. The van der Waals surface area contributed by atoms with Crippen LogP contribution in [0.3, 0.4) is 0 Å². The number of carboxylic acid groups (broad SMARTS) is 1. The van der Waals surface area contributed by atoms with Crippen LogP contribution in [0, 0.1) is 11.8 Å². The molecule has 0 aromatic carbocycles. The third kappa shape index (κ3) is 1.82. The summed E-state index contributed by atoms with van der Waals surface area (Å²) in [5.41, 5.74) is 0.